The molecule has 0 aromatic carbocycles. The maximum atomic E-state index is 10.8. The third-order valence-electron chi connectivity index (χ3n) is 1.25. The molecule has 0 spiro atoms. The van der Waals surface area contributed by atoms with Crippen LogP contribution in [0, 0.1) is 0 Å². The van der Waals surface area contributed by atoms with Crippen LogP contribution < -0.4 is 10.9 Å². The third-order valence-corrected chi connectivity index (χ3v) is 1.25. The van der Waals surface area contributed by atoms with E-state index in [4.69, 9.17) is 0 Å². The molecule has 0 fully saturated rings. The van der Waals surface area contributed by atoms with Crippen LogP contribution in [0.1, 0.15) is 0 Å². The number of anilines is 1. The molecule has 3 N–H and O–H groups in total. The van der Waals surface area contributed by atoms with Crippen LogP contribution in [0.5, 0.6) is 0 Å². The standard InChI is InChI=1S/C4H5N5O/c10-4-2-3(8-9-4)5-1-6-7-2/h1H2,(H3,5,8,9,10). The Kier molecular flexibility index (Phi) is 0.883. The van der Waals surface area contributed by atoms with E-state index in [2.05, 4.69) is 25.7 Å². The number of hydrogen-bond donors (Lipinski definition) is 3. The van der Waals surface area contributed by atoms with Crippen molar-refractivity contribution in [3.8, 4) is 0 Å². The first-order chi connectivity index (χ1) is 4.88. The second-order valence-electron chi connectivity index (χ2n) is 1.88. The second kappa shape index (κ2) is 1.69. The monoisotopic (exact) mass is 139 g/mol. The maximum Gasteiger partial charge on any atom is 0.293 e. The Morgan fingerprint density at radius 2 is 2.30 bits per heavy atom. The summed E-state index contributed by atoms with van der Waals surface area (Å²) in [5.41, 5.74) is 0.0807. The van der Waals surface area contributed by atoms with E-state index in [1.807, 2.05) is 0 Å². The lowest BCUT2D eigenvalue weighted by atomic mass is 10.5. The topological polar surface area (TPSA) is 85.4 Å². The van der Waals surface area contributed by atoms with Crippen molar-refractivity contribution in [1.82, 2.24) is 10.2 Å². The van der Waals surface area contributed by atoms with Gasteiger partial charge in [-0.15, -0.1) is 5.11 Å². The molecule has 1 aliphatic rings. The Hall–Kier alpha value is -1.59. The summed E-state index contributed by atoms with van der Waals surface area (Å²) >= 11 is 0. The number of H-pyrrole nitrogens is 2. The van der Waals surface area contributed by atoms with Gasteiger partial charge in [-0.1, -0.05) is 0 Å². The molecule has 52 valence electrons. The minimum Gasteiger partial charge on any atom is -0.348 e. The fraction of sp³-hybridized carbons (Fsp3) is 0.250. The summed E-state index contributed by atoms with van der Waals surface area (Å²) in [6, 6.07) is 0. The van der Waals surface area contributed by atoms with E-state index in [0.29, 0.717) is 18.2 Å². The molecular weight excluding hydrogens is 134 g/mol. The van der Waals surface area contributed by atoms with Crippen LogP contribution in [0.25, 0.3) is 0 Å². The molecule has 0 saturated heterocycles. The average Bonchev–Trinajstić information content (AvgIpc) is 2.34. The molecule has 0 atom stereocenters. The van der Waals surface area contributed by atoms with Crippen LogP contribution in [0.4, 0.5) is 11.5 Å². The average molecular weight is 139 g/mol. The minimum atomic E-state index is -0.244. The predicted octanol–water partition coefficient (Wildman–Crippen LogP) is 0.170. The molecule has 0 saturated carbocycles. The molecule has 2 rings (SSSR count). The Balaban J connectivity index is 2.68. The number of azo groups is 1. The van der Waals surface area contributed by atoms with E-state index < -0.39 is 0 Å². The highest BCUT2D eigenvalue weighted by Crippen LogP contribution is 2.19. The highest BCUT2D eigenvalue weighted by Gasteiger charge is 2.10. The van der Waals surface area contributed by atoms with Gasteiger partial charge in [0.2, 0.25) is 0 Å². The van der Waals surface area contributed by atoms with E-state index >= 15 is 0 Å². The quantitative estimate of drug-likeness (QED) is 0.478. The minimum absolute atomic E-state index is 0.244. The van der Waals surface area contributed by atoms with Gasteiger partial charge in [0.15, 0.2) is 11.5 Å². The lowest BCUT2D eigenvalue weighted by Gasteiger charge is -2.02. The molecule has 10 heavy (non-hydrogen) atoms. The zero-order chi connectivity index (χ0) is 6.97. The first-order valence-corrected chi connectivity index (χ1v) is 2.80. The highest BCUT2D eigenvalue weighted by atomic mass is 16.1. The van der Waals surface area contributed by atoms with Crippen LogP contribution in [-0.2, 0) is 0 Å². The van der Waals surface area contributed by atoms with E-state index in [1.165, 1.54) is 0 Å². The van der Waals surface area contributed by atoms with Gasteiger partial charge in [0.25, 0.3) is 5.56 Å². The number of fused-ring (bicyclic) bond motifs is 1. The Morgan fingerprint density at radius 3 is 3.10 bits per heavy atom. The van der Waals surface area contributed by atoms with Gasteiger partial charge in [-0.25, -0.2) is 0 Å². The Labute approximate surface area is 55.3 Å². The van der Waals surface area contributed by atoms with Crippen LogP contribution in [-0.4, -0.2) is 16.9 Å². The van der Waals surface area contributed by atoms with Gasteiger partial charge in [-0.3, -0.25) is 15.0 Å². The first kappa shape index (κ1) is 5.21. The Bertz CT molecular complexity index is 321. The number of aromatic nitrogens is 2. The summed E-state index contributed by atoms with van der Waals surface area (Å²) in [5.74, 6) is 0.611. The van der Waals surface area contributed by atoms with E-state index in [0.717, 1.165) is 0 Å². The van der Waals surface area contributed by atoms with Gasteiger partial charge in [0.1, 0.15) is 6.67 Å². The molecule has 1 aromatic heterocycles. The second-order valence-corrected chi connectivity index (χ2v) is 1.88. The van der Waals surface area contributed by atoms with Gasteiger partial charge in [-0.2, -0.15) is 5.11 Å². The fourth-order valence-electron chi connectivity index (χ4n) is 0.795. The van der Waals surface area contributed by atoms with Crippen molar-refractivity contribution >= 4 is 11.5 Å². The summed E-state index contributed by atoms with van der Waals surface area (Å²) < 4.78 is 0. The largest absolute Gasteiger partial charge is 0.348 e. The van der Waals surface area contributed by atoms with Crippen LogP contribution >= 0.6 is 0 Å². The van der Waals surface area contributed by atoms with Crippen LogP contribution in [0.2, 0.25) is 0 Å². The fourth-order valence-corrected chi connectivity index (χ4v) is 0.795. The van der Waals surface area contributed by atoms with E-state index in [9.17, 15) is 4.79 Å². The summed E-state index contributed by atoms with van der Waals surface area (Å²) in [5, 5.41) is 15.1. The molecule has 6 heteroatoms. The van der Waals surface area contributed by atoms with Crippen molar-refractivity contribution in [2.24, 2.45) is 10.2 Å². The summed E-state index contributed by atoms with van der Waals surface area (Å²) in [6.07, 6.45) is 0. The number of rotatable bonds is 0. The van der Waals surface area contributed by atoms with Crippen molar-refractivity contribution in [2.75, 3.05) is 12.0 Å². The van der Waals surface area contributed by atoms with Gasteiger partial charge in [-0.05, 0) is 0 Å². The zero-order valence-electron chi connectivity index (χ0n) is 5.01. The first-order valence-electron chi connectivity index (χ1n) is 2.80. The van der Waals surface area contributed by atoms with Crippen molar-refractivity contribution in [2.45, 2.75) is 0 Å². The van der Waals surface area contributed by atoms with Crippen molar-refractivity contribution < 1.29 is 0 Å². The molecule has 0 amide bonds. The van der Waals surface area contributed by atoms with Crippen molar-refractivity contribution in [3.05, 3.63) is 10.4 Å². The van der Waals surface area contributed by atoms with Crippen molar-refractivity contribution in [1.29, 1.82) is 0 Å². The molecular formula is C4H5N5O. The van der Waals surface area contributed by atoms with E-state index in [1.54, 1.807) is 0 Å². The van der Waals surface area contributed by atoms with Gasteiger partial charge in [0.05, 0.1) is 0 Å². The molecule has 0 unspecified atom stereocenters. The smallest absolute Gasteiger partial charge is 0.293 e. The molecule has 0 aliphatic carbocycles. The third kappa shape index (κ3) is 0.554. The maximum absolute atomic E-state index is 10.8. The molecule has 1 aromatic rings. The Morgan fingerprint density at radius 1 is 1.40 bits per heavy atom. The molecule has 6 nitrogen and oxygen atoms in total. The molecule has 1 aliphatic heterocycles. The lowest BCUT2D eigenvalue weighted by molar-refractivity contribution is 0.968. The number of nitrogens with zero attached hydrogens (tertiary/aromatic N) is 2. The number of nitrogens with one attached hydrogen (secondary N) is 3. The van der Waals surface area contributed by atoms with Crippen LogP contribution in [0.15, 0.2) is 15.0 Å². The molecule has 0 radical (unpaired) electrons. The van der Waals surface area contributed by atoms with Crippen molar-refractivity contribution in [3.63, 3.8) is 0 Å². The van der Waals surface area contributed by atoms with Gasteiger partial charge >= 0.3 is 0 Å². The summed E-state index contributed by atoms with van der Waals surface area (Å²) in [6.45, 7) is 0.417. The van der Waals surface area contributed by atoms with Crippen LogP contribution in [0.3, 0.4) is 0 Å². The summed E-state index contributed by atoms with van der Waals surface area (Å²) in [7, 11) is 0. The SMILES string of the molecule is O=c1[nH][nH]c2c1N=NCN2. The van der Waals surface area contributed by atoms with E-state index in [-0.39, 0.29) is 5.56 Å². The highest BCUT2D eigenvalue weighted by molar-refractivity contribution is 5.59. The zero-order valence-corrected chi connectivity index (χ0v) is 5.01. The summed E-state index contributed by atoms with van der Waals surface area (Å²) in [4.78, 5) is 10.8. The number of hydrogen-bond acceptors (Lipinski definition) is 4. The van der Waals surface area contributed by atoms with Gasteiger partial charge < -0.3 is 5.32 Å². The van der Waals surface area contributed by atoms with Gasteiger partial charge in [0, 0.05) is 0 Å². The molecule has 0 bridgehead atoms. The number of aromatic amines is 2. The predicted molar refractivity (Wildman–Crippen MR) is 34.4 cm³/mol. The lowest BCUT2D eigenvalue weighted by Crippen LogP contribution is -2.03. The molecule has 2 heterocycles. The normalized spacial score (nSPS) is 14.4.